The van der Waals surface area contributed by atoms with Gasteiger partial charge in [-0.3, -0.25) is 4.90 Å². The summed E-state index contributed by atoms with van der Waals surface area (Å²) in [5.74, 6) is -0.430. The van der Waals surface area contributed by atoms with Crippen molar-refractivity contribution in [3.05, 3.63) is 30.2 Å². The Hall–Kier alpha value is -3.52. The molecule has 2 aliphatic rings. The molecule has 6 rings (SSSR count). The Morgan fingerprint density at radius 1 is 1.27 bits per heavy atom. The highest BCUT2D eigenvalue weighted by Gasteiger charge is 2.36. The normalized spacial score (nSPS) is 21.1. The number of hydrogen-bond donors (Lipinski definition) is 1. The fourth-order valence-electron chi connectivity index (χ4n) is 4.91. The smallest absolute Gasteiger partial charge is 0.258 e. The van der Waals surface area contributed by atoms with E-state index in [0.717, 1.165) is 4.68 Å². The molecule has 0 spiro atoms. The minimum Gasteiger partial charge on any atom is -0.479 e. The van der Waals surface area contributed by atoms with E-state index in [-0.39, 0.29) is 35.5 Å². The Kier molecular flexibility index (Phi) is 6.07. The van der Waals surface area contributed by atoms with Crippen molar-refractivity contribution in [3.8, 4) is 17.0 Å². The molecule has 196 valence electrons. The van der Waals surface area contributed by atoms with E-state index in [0.29, 0.717) is 42.8 Å². The highest BCUT2D eigenvalue weighted by molar-refractivity contribution is 5.89. The Bertz CT molecular complexity index is 1440. The van der Waals surface area contributed by atoms with E-state index in [4.69, 9.17) is 9.47 Å². The second kappa shape index (κ2) is 9.41. The number of halogens is 4. The lowest BCUT2D eigenvalue weighted by Crippen LogP contribution is -2.57. The quantitative estimate of drug-likeness (QED) is 0.372. The first kappa shape index (κ1) is 23.9. The Balaban J connectivity index is 1.32. The largest absolute Gasteiger partial charge is 0.479 e. The maximum absolute atomic E-state index is 15.3. The van der Waals surface area contributed by atoms with E-state index in [2.05, 4.69) is 30.6 Å². The van der Waals surface area contributed by atoms with Crippen LogP contribution in [0.3, 0.4) is 0 Å². The molecule has 2 saturated heterocycles. The molecule has 2 atom stereocenters. The van der Waals surface area contributed by atoms with Crippen molar-refractivity contribution in [3.63, 3.8) is 0 Å². The third kappa shape index (κ3) is 4.33. The van der Waals surface area contributed by atoms with Crippen molar-refractivity contribution in [2.75, 3.05) is 38.7 Å². The molecular weight excluding hydrogens is 496 g/mol. The molecule has 14 heteroatoms. The number of nitrogens with one attached hydrogen (secondary N) is 1. The Morgan fingerprint density at radius 3 is 2.81 bits per heavy atom. The van der Waals surface area contributed by atoms with Gasteiger partial charge in [-0.2, -0.15) is 4.98 Å². The topological polar surface area (TPSA) is 94.6 Å². The van der Waals surface area contributed by atoms with Crippen LogP contribution in [0.2, 0.25) is 0 Å². The van der Waals surface area contributed by atoms with Crippen LogP contribution in [0.15, 0.2) is 24.4 Å². The Labute approximate surface area is 208 Å². The molecule has 4 aromatic rings. The molecule has 0 bridgehead atoms. The van der Waals surface area contributed by atoms with Crippen molar-refractivity contribution in [1.82, 2.24) is 34.5 Å². The molecule has 37 heavy (non-hydrogen) atoms. The van der Waals surface area contributed by atoms with Crippen LogP contribution in [0.1, 0.15) is 6.42 Å². The maximum atomic E-state index is 15.3. The summed E-state index contributed by atoms with van der Waals surface area (Å²) in [4.78, 5) is 6.46. The fraction of sp³-hybridized carbons (Fsp3) is 0.478. The standard InChI is InChI=1S/C23H24F4N8O2/c1-36-22-21-20(12-2-3-17-18(6-12)34(32-30-17)9-19(26)27)15(25)8-35(21)31-23(29-22)28-16-4-5-33(7-14(16)24)13-10-37-11-13/h2-3,6,8,13-14,16,19H,4-5,7,9-11H2,1H3,(H,28,31)/t14-,16-/m0/s1. The average Bonchev–Trinajstić information content (AvgIpc) is 3.38. The van der Waals surface area contributed by atoms with Crippen molar-refractivity contribution < 1.29 is 27.0 Å². The van der Waals surface area contributed by atoms with Gasteiger partial charge in [0.15, 0.2) is 5.82 Å². The highest BCUT2D eigenvalue weighted by Crippen LogP contribution is 2.35. The summed E-state index contributed by atoms with van der Waals surface area (Å²) in [7, 11) is 1.39. The molecule has 0 aliphatic carbocycles. The van der Waals surface area contributed by atoms with Gasteiger partial charge in [-0.1, -0.05) is 11.3 Å². The number of alkyl halides is 3. The summed E-state index contributed by atoms with van der Waals surface area (Å²) in [5.41, 5.74) is 1.51. The van der Waals surface area contributed by atoms with E-state index < -0.39 is 31.0 Å². The SMILES string of the molecule is COc1nc(N[C@H]2CCN(C3COC3)C[C@@H]2F)nn2cc(F)c(-c3ccc4nnn(CC(F)F)c4c3)c12. The van der Waals surface area contributed by atoms with Crippen LogP contribution >= 0.6 is 0 Å². The molecule has 0 amide bonds. The van der Waals surface area contributed by atoms with Crippen LogP contribution in [-0.2, 0) is 11.3 Å². The van der Waals surface area contributed by atoms with Gasteiger partial charge in [0.1, 0.15) is 23.7 Å². The minimum absolute atomic E-state index is 0.0789. The number of methoxy groups -OCH3 is 1. The zero-order chi connectivity index (χ0) is 25.7. The number of benzene rings is 1. The van der Waals surface area contributed by atoms with Gasteiger partial charge in [-0.05, 0) is 24.1 Å². The number of anilines is 1. The van der Waals surface area contributed by atoms with Crippen LogP contribution in [0, 0.1) is 5.82 Å². The molecule has 2 aliphatic heterocycles. The lowest BCUT2D eigenvalue weighted by molar-refractivity contribution is -0.0794. The van der Waals surface area contributed by atoms with Crippen LogP contribution in [-0.4, -0.2) is 92.6 Å². The van der Waals surface area contributed by atoms with Gasteiger partial charge in [0.2, 0.25) is 11.8 Å². The third-order valence-corrected chi connectivity index (χ3v) is 6.88. The number of hydrogen-bond acceptors (Lipinski definition) is 8. The van der Waals surface area contributed by atoms with E-state index in [1.807, 2.05) is 0 Å². The van der Waals surface area contributed by atoms with E-state index in [1.165, 1.54) is 23.9 Å². The number of fused-ring (bicyclic) bond motifs is 2. The molecule has 3 aromatic heterocycles. The number of ether oxygens (including phenoxy) is 2. The molecule has 5 heterocycles. The molecular formula is C23H24F4N8O2. The van der Waals surface area contributed by atoms with Crippen molar-refractivity contribution in [2.24, 2.45) is 0 Å². The lowest BCUT2D eigenvalue weighted by atomic mass is 10.0. The third-order valence-electron chi connectivity index (χ3n) is 6.88. The molecule has 10 nitrogen and oxygen atoms in total. The summed E-state index contributed by atoms with van der Waals surface area (Å²) in [6.45, 7) is 1.62. The molecule has 1 N–H and O–H groups in total. The molecule has 0 radical (unpaired) electrons. The number of aromatic nitrogens is 6. The van der Waals surface area contributed by atoms with Crippen LogP contribution < -0.4 is 10.1 Å². The summed E-state index contributed by atoms with van der Waals surface area (Å²) in [6, 6.07) is 4.48. The van der Waals surface area contributed by atoms with Gasteiger partial charge < -0.3 is 14.8 Å². The first-order valence-corrected chi connectivity index (χ1v) is 11.9. The van der Waals surface area contributed by atoms with Crippen molar-refractivity contribution >= 4 is 22.5 Å². The fourth-order valence-corrected chi connectivity index (χ4v) is 4.91. The first-order valence-electron chi connectivity index (χ1n) is 11.9. The zero-order valence-corrected chi connectivity index (χ0v) is 19.8. The summed E-state index contributed by atoms with van der Waals surface area (Å²) in [6.07, 6.45) is -2.05. The Morgan fingerprint density at radius 2 is 2.11 bits per heavy atom. The molecule has 0 unspecified atom stereocenters. The van der Waals surface area contributed by atoms with Gasteiger partial charge in [-0.15, -0.1) is 10.2 Å². The molecule has 2 fully saturated rings. The molecule has 1 aromatic carbocycles. The lowest BCUT2D eigenvalue weighted by Gasteiger charge is -2.42. The molecule has 0 saturated carbocycles. The van der Waals surface area contributed by atoms with Crippen LogP contribution in [0.25, 0.3) is 27.7 Å². The predicted molar refractivity (Wildman–Crippen MR) is 125 cm³/mol. The monoisotopic (exact) mass is 520 g/mol. The zero-order valence-electron chi connectivity index (χ0n) is 19.8. The van der Waals surface area contributed by atoms with Crippen molar-refractivity contribution in [1.29, 1.82) is 0 Å². The summed E-state index contributed by atoms with van der Waals surface area (Å²) >= 11 is 0. The van der Waals surface area contributed by atoms with E-state index in [1.54, 1.807) is 12.1 Å². The van der Waals surface area contributed by atoms with Gasteiger partial charge in [0, 0.05) is 13.1 Å². The van der Waals surface area contributed by atoms with Gasteiger partial charge in [0.05, 0.1) is 49.7 Å². The van der Waals surface area contributed by atoms with Gasteiger partial charge >= 0.3 is 0 Å². The summed E-state index contributed by atoms with van der Waals surface area (Å²) < 4.78 is 69.1. The predicted octanol–water partition coefficient (Wildman–Crippen LogP) is 2.78. The maximum Gasteiger partial charge on any atom is 0.258 e. The van der Waals surface area contributed by atoms with Gasteiger partial charge in [0.25, 0.3) is 6.43 Å². The second-order valence-electron chi connectivity index (χ2n) is 9.20. The number of likely N-dealkylation sites (tertiary alicyclic amines) is 1. The van der Waals surface area contributed by atoms with E-state index >= 15 is 4.39 Å². The highest BCUT2D eigenvalue weighted by atomic mass is 19.3. The number of piperidine rings is 1. The van der Waals surface area contributed by atoms with Crippen LogP contribution in [0.5, 0.6) is 5.88 Å². The van der Waals surface area contributed by atoms with E-state index in [9.17, 15) is 13.2 Å². The first-order chi connectivity index (χ1) is 17.9. The van der Waals surface area contributed by atoms with Gasteiger partial charge in [-0.25, -0.2) is 26.8 Å². The second-order valence-corrected chi connectivity index (χ2v) is 9.20. The van der Waals surface area contributed by atoms with Crippen LogP contribution in [0.4, 0.5) is 23.5 Å². The number of nitrogens with zero attached hydrogens (tertiary/aromatic N) is 7. The van der Waals surface area contributed by atoms with Crippen molar-refractivity contribution in [2.45, 2.75) is 37.6 Å². The number of rotatable bonds is 7. The minimum atomic E-state index is -2.62. The average molecular weight is 520 g/mol. The summed E-state index contributed by atoms with van der Waals surface area (Å²) in [5, 5.41) is 15.0.